The number of halogens is 1. The molecule has 6 heteroatoms. The van der Waals surface area contributed by atoms with E-state index in [0.29, 0.717) is 17.3 Å². The molecule has 0 saturated carbocycles. The predicted octanol–water partition coefficient (Wildman–Crippen LogP) is 2.03. The van der Waals surface area contributed by atoms with E-state index in [1.807, 2.05) is 28.8 Å². The van der Waals surface area contributed by atoms with Gasteiger partial charge in [-0.05, 0) is 29.8 Å². The fourth-order valence-electron chi connectivity index (χ4n) is 1.70. The highest BCUT2D eigenvalue weighted by Crippen LogP contribution is 2.22. The van der Waals surface area contributed by atoms with E-state index in [4.69, 9.17) is 17.3 Å². The lowest BCUT2D eigenvalue weighted by Crippen LogP contribution is -1.92. The van der Waals surface area contributed by atoms with Gasteiger partial charge in [-0.3, -0.25) is 4.40 Å². The molecule has 3 aromatic rings. The number of nitrogens with zero attached hydrogens (tertiary/aromatic N) is 4. The summed E-state index contributed by atoms with van der Waals surface area (Å²) in [6.45, 7) is 0. The maximum Gasteiger partial charge on any atom is 0.222 e. The van der Waals surface area contributed by atoms with Crippen molar-refractivity contribution in [3.8, 4) is 11.5 Å². The van der Waals surface area contributed by atoms with Crippen molar-refractivity contribution in [2.24, 2.45) is 0 Å². The van der Waals surface area contributed by atoms with Gasteiger partial charge in [0.1, 0.15) is 11.5 Å². The molecule has 0 aliphatic carbocycles. The van der Waals surface area contributed by atoms with E-state index in [1.54, 1.807) is 12.3 Å². The molecule has 0 spiro atoms. The smallest absolute Gasteiger partial charge is 0.222 e. The number of imidazole rings is 1. The van der Waals surface area contributed by atoms with Crippen molar-refractivity contribution in [3.05, 3.63) is 41.9 Å². The van der Waals surface area contributed by atoms with Gasteiger partial charge in [-0.2, -0.15) is 0 Å². The molecular formula is C11H8ClN5. The van der Waals surface area contributed by atoms with Gasteiger partial charge in [-0.15, -0.1) is 0 Å². The molecule has 3 rings (SSSR count). The van der Waals surface area contributed by atoms with E-state index in [9.17, 15) is 0 Å². The SMILES string of the molecule is Nc1nc(-c2ccnc(Cl)n2)n2ccccc12. The summed E-state index contributed by atoms with van der Waals surface area (Å²) in [7, 11) is 0. The summed E-state index contributed by atoms with van der Waals surface area (Å²) in [5, 5.41) is 0.189. The highest BCUT2D eigenvalue weighted by atomic mass is 35.5. The third kappa shape index (κ3) is 1.60. The van der Waals surface area contributed by atoms with Gasteiger partial charge in [0, 0.05) is 12.4 Å². The van der Waals surface area contributed by atoms with Crippen LogP contribution in [0, 0.1) is 0 Å². The molecule has 5 nitrogen and oxygen atoms in total. The van der Waals surface area contributed by atoms with Crippen LogP contribution in [-0.2, 0) is 0 Å². The van der Waals surface area contributed by atoms with Crippen LogP contribution < -0.4 is 5.73 Å². The lowest BCUT2D eigenvalue weighted by Gasteiger charge is -1.99. The van der Waals surface area contributed by atoms with E-state index in [0.717, 1.165) is 5.52 Å². The molecule has 0 fully saturated rings. The molecule has 0 aliphatic rings. The largest absolute Gasteiger partial charge is 0.382 e. The van der Waals surface area contributed by atoms with Crippen LogP contribution in [0.5, 0.6) is 0 Å². The van der Waals surface area contributed by atoms with Gasteiger partial charge in [0.2, 0.25) is 5.28 Å². The first-order valence-electron chi connectivity index (χ1n) is 4.97. The van der Waals surface area contributed by atoms with Crippen molar-refractivity contribution in [1.82, 2.24) is 19.4 Å². The van der Waals surface area contributed by atoms with Gasteiger partial charge in [-0.25, -0.2) is 15.0 Å². The number of hydrogen-bond acceptors (Lipinski definition) is 4. The van der Waals surface area contributed by atoms with Crippen molar-refractivity contribution in [2.45, 2.75) is 0 Å². The average Bonchev–Trinajstić information content (AvgIpc) is 2.68. The van der Waals surface area contributed by atoms with Crippen LogP contribution in [0.3, 0.4) is 0 Å². The van der Waals surface area contributed by atoms with Crippen molar-refractivity contribution in [2.75, 3.05) is 5.73 Å². The Morgan fingerprint density at radius 2 is 2.06 bits per heavy atom. The Balaban J connectivity index is 2.31. The lowest BCUT2D eigenvalue weighted by atomic mass is 10.3. The second-order valence-electron chi connectivity index (χ2n) is 3.49. The van der Waals surface area contributed by atoms with Crippen molar-refractivity contribution < 1.29 is 0 Å². The molecule has 0 radical (unpaired) electrons. The molecule has 0 amide bonds. The van der Waals surface area contributed by atoms with Crippen LogP contribution in [0.4, 0.5) is 5.82 Å². The second-order valence-corrected chi connectivity index (χ2v) is 3.83. The van der Waals surface area contributed by atoms with Crippen LogP contribution >= 0.6 is 11.6 Å². The number of anilines is 1. The zero-order valence-electron chi connectivity index (χ0n) is 8.71. The number of hydrogen-bond donors (Lipinski definition) is 1. The standard InChI is InChI=1S/C11H8ClN5/c12-11-14-5-4-7(15-11)10-16-9(13)8-3-1-2-6-17(8)10/h1-6H,13H2. The summed E-state index contributed by atoms with van der Waals surface area (Å²) < 4.78 is 1.87. The molecule has 2 N–H and O–H groups in total. The zero-order valence-corrected chi connectivity index (χ0v) is 9.46. The Morgan fingerprint density at radius 3 is 2.88 bits per heavy atom. The van der Waals surface area contributed by atoms with E-state index in [-0.39, 0.29) is 5.28 Å². The minimum atomic E-state index is 0.189. The Bertz CT molecular complexity index is 691. The molecule has 3 aromatic heterocycles. The molecule has 0 bridgehead atoms. The Kier molecular flexibility index (Phi) is 2.19. The predicted molar refractivity (Wildman–Crippen MR) is 65.6 cm³/mol. The normalized spacial score (nSPS) is 10.9. The van der Waals surface area contributed by atoms with Crippen molar-refractivity contribution in [3.63, 3.8) is 0 Å². The summed E-state index contributed by atoms with van der Waals surface area (Å²) >= 11 is 5.76. The number of rotatable bonds is 1. The van der Waals surface area contributed by atoms with E-state index in [2.05, 4.69) is 15.0 Å². The van der Waals surface area contributed by atoms with Crippen LogP contribution in [0.1, 0.15) is 0 Å². The van der Waals surface area contributed by atoms with E-state index in [1.165, 1.54) is 0 Å². The molecule has 0 aliphatic heterocycles. The van der Waals surface area contributed by atoms with Crippen molar-refractivity contribution >= 4 is 22.9 Å². The molecular weight excluding hydrogens is 238 g/mol. The van der Waals surface area contributed by atoms with Gasteiger partial charge in [-0.1, -0.05) is 6.07 Å². The molecule has 0 aromatic carbocycles. The Hall–Kier alpha value is -2.14. The minimum Gasteiger partial charge on any atom is -0.382 e. The van der Waals surface area contributed by atoms with E-state index >= 15 is 0 Å². The van der Waals surface area contributed by atoms with Crippen LogP contribution in [0.2, 0.25) is 5.28 Å². The van der Waals surface area contributed by atoms with Crippen LogP contribution in [0.15, 0.2) is 36.7 Å². The van der Waals surface area contributed by atoms with E-state index < -0.39 is 0 Å². The van der Waals surface area contributed by atoms with Gasteiger partial charge in [0.15, 0.2) is 5.82 Å². The zero-order chi connectivity index (χ0) is 11.8. The molecule has 0 atom stereocenters. The third-order valence-corrected chi connectivity index (χ3v) is 2.61. The Morgan fingerprint density at radius 1 is 1.18 bits per heavy atom. The quantitative estimate of drug-likeness (QED) is 0.666. The summed E-state index contributed by atoms with van der Waals surface area (Å²) in [4.78, 5) is 12.3. The monoisotopic (exact) mass is 245 g/mol. The number of nitrogens with two attached hydrogens (primary N) is 1. The number of pyridine rings is 1. The first kappa shape index (κ1) is 10.0. The molecule has 17 heavy (non-hydrogen) atoms. The first-order chi connectivity index (χ1) is 8.25. The number of nitrogen functional groups attached to an aromatic ring is 1. The molecule has 84 valence electrons. The highest BCUT2D eigenvalue weighted by Gasteiger charge is 2.11. The van der Waals surface area contributed by atoms with Gasteiger partial charge in [0.25, 0.3) is 0 Å². The van der Waals surface area contributed by atoms with Crippen LogP contribution in [-0.4, -0.2) is 19.4 Å². The molecule has 0 unspecified atom stereocenters. The van der Waals surface area contributed by atoms with Gasteiger partial charge < -0.3 is 5.73 Å². The fraction of sp³-hybridized carbons (Fsp3) is 0. The summed E-state index contributed by atoms with van der Waals surface area (Å²) in [6.07, 6.45) is 3.47. The summed E-state index contributed by atoms with van der Waals surface area (Å²) in [6, 6.07) is 7.45. The maximum atomic E-state index is 5.84. The highest BCUT2D eigenvalue weighted by molar-refractivity contribution is 6.28. The Labute approximate surface area is 102 Å². The summed E-state index contributed by atoms with van der Waals surface area (Å²) in [5.41, 5.74) is 7.33. The average molecular weight is 246 g/mol. The van der Waals surface area contributed by atoms with Crippen molar-refractivity contribution in [1.29, 1.82) is 0 Å². The molecule has 3 heterocycles. The van der Waals surface area contributed by atoms with Crippen LogP contribution in [0.25, 0.3) is 17.0 Å². The second kappa shape index (κ2) is 3.71. The fourth-order valence-corrected chi connectivity index (χ4v) is 1.85. The van der Waals surface area contributed by atoms with Gasteiger partial charge in [0.05, 0.1) is 5.52 Å². The third-order valence-electron chi connectivity index (χ3n) is 2.43. The minimum absolute atomic E-state index is 0.189. The van der Waals surface area contributed by atoms with Gasteiger partial charge >= 0.3 is 0 Å². The first-order valence-corrected chi connectivity index (χ1v) is 5.35. The lowest BCUT2D eigenvalue weighted by molar-refractivity contribution is 1.10. The topological polar surface area (TPSA) is 69.1 Å². The summed E-state index contributed by atoms with van der Waals surface area (Å²) in [5.74, 6) is 1.12. The molecule has 0 saturated heterocycles. The number of aromatic nitrogens is 4. The maximum absolute atomic E-state index is 5.84. The number of fused-ring (bicyclic) bond motifs is 1.